The van der Waals surface area contributed by atoms with Gasteiger partial charge >= 0.3 is 0 Å². The number of nitrogens with zero attached hydrogens (tertiary/aromatic N) is 2. The van der Waals surface area contributed by atoms with Gasteiger partial charge in [-0.15, -0.1) is 0 Å². The smallest absolute Gasteiger partial charge is 0.221 e. The number of rotatable bonds is 4. The van der Waals surface area contributed by atoms with Crippen molar-refractivity contribution < 1.29 is 4.79 Å². The van der Waals surface area contributed by atoms with Gasteiger partial charge in [-0.3, -0.25) is 4.79 Å². The second-order valence-electron chi connectivity index (χ2n) is 2.98. The number of carbonyl (C=O) groups excluding carboxylic acids is 1. The molecular weight excluding hydrogens is 228 g/mol. The molecule has 0 saturated heterocycles. The van der Waals surface area contributed by atoms with Crippen LogP contribution in [0.2, 0.25) is 5.02 Å². The van der Waals surface area contributed by atoms with Crippen LogP contribution in [-0.2, 0) is 4.79 Å². The van der Waals surface area contributed by atoms with E-state index in [9.17, 15) is 4.79 Å². The molecule has 5 nitrogen and oxygen atoms in total. The van der Waals surface area contributed by atoms with Gasteiger partial charge in [-0.2, -0.15) is 5.26 Å². The molecule has 2 N–H and O–H groups in total. The monoisotopic (exact) mass is 238 g/mol. The lowest BCUT2D eigenvalue weighted by atomic mass is 10.3. The number of aromatic nitrogens is 1. The molecule has 0 fully saturated rings. The molecule has 1 amide bonds. The largest absolute Gasteiger partial charge is 0.368 e. The second kappa shape index (κ2) is 5.93. The first-order chi connectivity index (χ1) is 7.69. The van der Waals surface area contributed by atoms with Crippen LogP contribution in [0.5, 0.6) is 0 Å². The van der Waals surface area contributed by atoms with Crippen molar-refractivity contribution in [2.24, 2.45) is 0 Å². The average molecular weight is 239 g/mol. The van der Waals surface area contributed by atoms with Crippen molar-refractivity contribution in [1.29, 1.82) is 5.26 Å². The zero-order chi connectivity index (χ0) is 12.0. The van der Waals surface area contributed by atoms with E-state index in [0.29, 0.717) is 24.3 Å². The molecule has 0 saturated carbocycles. The average Bonchev–Trinajstić information content (AvgIpc) is 2.31. The fourth-order valence-electron chi connectivity index (χ4n) is 1.07. The highest BCUT2D eigenvalue weighted by atomic mass is 35.5. The molecular formula is C10H11ClN4O. The van der Waals surface area contributed by atoms with Crippen molar-refractivity contribution >= 4 is 23.3 Å². The molecule has 1 rings (SSSR count). The van der Waals surface area contributed by atoms with Crippen LogP contribution in [0.4, 0.5) is 5.82 Å². The number of hydrogen-bond acceptors (Lipinski definition) is 4. The first kappa shape index (κ1) is 12.3. The Labute approximate surface area is 98.4 Å². The minimum atomic E-state index is -0.0694. The molecule has 0 aliphatic rings. The third-order valence-electron chi connectivity index (χ3n) is 1.93. The SMILES string of the molecule is CNC(=O)CCNc1nccc(C#N)c1Cl. The third kappa shape index (κ3) is 3.11. The van der Waals surface area contributed by atoms with Crippen molar-refractivity contribution in [3.63, 3.8) is 0 Å². The zero-order valence-electron chi connectivity index (χ0n) is 8.75. The summed E-state index contributed by atoms with van der Waals surface area (Å²) in [6, 6.07) is 3.49. The fourth-order valence-corrected chi connectivity index (χ4v) is 1.29. The number of carbonyl (C=O) groups is 1. The van der Waals surface area contributed by atoms with E-state index in [4.69, 9.17) is 16.9 Å². The lowest BCUT2D eigenvalue weighted by molar-refractivity contribution is -0.120. The summed E-state index contributed by atoms with van der Waals surface area (Å²) in [5.74, 6) is 0.352. The highest BCUT2D eigenvalue weighted by Gasteiger charge is 2.06. The van der Waals surface area contributed by atoms with Crippen LogP contribution >= 0.6 is 11.6 Å². The molecule has 0 bridgehead atoms. The number of hydrogen-bond donors (Lipinski definition) is 2. The topological polar surface area (TPSA) is 77.8 Å². The van der Waals surface area contributed by atoms with Crippen LogP contribution < -0.4 is 10.6 Å². The molecule has 0 aliphatic heterocycles. The van der Waals surface area contributed by atoms with Gasteiger partial charge in [0.15, 0.2) is 0 Å². The van der Waals surface area contributed by atoms with Crippen molar-refractivity contribution in [1.82, 2.24) is 10.3 Å². The van der Waals surface area contributed by atoms with Gasteiger partial charge in [0.25, 0.3) is 0 Å². The summed E-state index contributed by atoms with van der Waals surface area (Å²) in [6.45, 7) is 0.418. The van der Waals surface area contributed by atoms with E-state index >= 15 is 0 Å². The quantitative estimate of drug-likeness (QED) is 0.825. The fraction of sp³-hybridized carbons (Fsp3) is 0.300. The van der Waals surface area contributed by atoms with E-state index in [1.165, 1.54) is 12.3 Å². The van der Waals surface area contributed by atoms with Gasteiger partial charge in [-0.1, -0.05) is 11.6 Å². The first-order valence-corrected chi connectivity index (χ1v) is 5.06. The molecule has 84 valence electrons. The summed E-state index contributed by atoms with van der Waals surface area (Å²) in [7, 11) is 1.57. The Hall–Kier alpha value is -1.80. The van der Waals surface area contributed by atoms with Crippen molar-refractivity contribution in [3.05, 3.63) is 22.8 Å². The maximum absolute atomic E-state index is 11.0. The second-order valence-corrected chi connectivity index (χ2v) is 3.36. The molecule has 1 aromatic heterocycles. The Bertz CT molecular complexity index is 427. The predicted molar refractivity (Wildman–Crippen MR) is 61.1 cm³/mol. The number of nitrogens with one attached hydrogen (secondary N) is 2. The molecule has 0 unspecified atom stereocenters. The molecule has 0 aromatic carbocycles. The Balaban J connectivity index is 2.61. The number of halogens is 1. The van der Waals surface area contributed by atoms with Gasteiger partial charge in [0.05, 0.1) is 5.56 Å². The van der Waals surface area contributed by atoms with Crippen LogP contribution in [0.1, 0.15) is 12.0 Å². The maximum Gasteiger partial charge on any atom is 0.221 e. The maximum atomic E-state index is 11.0. The van der Waals surface area contributed by atoms with E-state index in [1.54, 1.807) is 7.05 Å². The molecule has 6 heteroatoms. The zero-order valence-corrected chi connectivity index (χ0v) is 9.51. The number of nitriles is 1. The summed E-state index contributed by atoms with van der Waals surface area (Å²) < 4.78 is 0. The molecule has 0 aliphatic carbocycles. The van der Waals surface area contributed by atoms with E-state index in [0.717, 1.165) is 0 Å². The van der Waals surface area contributed by atoms with E-state index < -0.39 is 0 Å². The van der Waals surface area contributed by atoms with Gasteiger partial charge in [0.2, 0.25) is 5.91 Å². The molecule has 0 spiro atoms. The minimum Gasteiger partial charge on any atom is -0.368 e. The minimum absolute atomic E-state index is 0.0694. The standard InChI is InChI=1S/C10H11ClN4O/c1-13-8(16)3-5-15-10-9(11)7(6-12)2-4-14-10/h2,4H,3,5H2,1H3,(H,13,16)(H,14,15). The first-order valence-electron chi connectivity index (χ1n) is 4.68. The van der Waals surface area contributed by atoms with Gasteiger partial charge in [-0.25, -0.2) is 4.98 Å². The Morgan fingerprint density at radius 1 is 1.69 bits per heavy atom. The van der Waals surface area contributed by atoms with Gasteiger partial charge in [0, 0.05) is 26.2 Å². The summed E-state index contributed by atoms with van der Waals surface area (Å²) in [5, 5.41) is 14.4. The Morgan fingerprint density at radius 2 is 2.44 bits per heavy atom. The summed E-state index contributed by atoms with van der Waals surface area (Å²) in [6.07, 6.45) is 1.82. The van der Waals surface area contributed by atoms with Crippen molar-refractivity contribution in [2.75, 3.05) is 18.9 Å². The van der Waals surface area contributed by atoms with Gasteiger partial charge in [-0.05, 0) is 6.07 Å². The van der Waals surface area contributed by atoms with Crippen LogP contribution in [0.15, 0.2) is 12.3 Å². The number of pyridine rings is 1. The van der Waals surface area contributed by atoms with Gasteiger partial charge < -0.3 is 10.6 Å². The molecule has 16 heavy (non-hydrogen) atoms. The summed E-state index contributed by atoms with van der Waals surface area (Å²) >= 11 is 5.91. The Morgan fingerprint density at radius 3 is 3.06 bits per heavy atom. The molecule has 0 radical (unpaired) electrons. The molecule has 1 aromatic rings. The van der Waals surface area contributed by atoms with Crippen molar-refractivity contribution in [2.45, 2.75) is 6.42 Å². The highest BCUT2D eigenvalue weighted by molar-refractivity contribution is 6.34. The third-order valence-corrected chi connectivity index (χ3v) is 2.32. The van der Waals surface area contributed by atoms with E-state index in [1.807, 2.05) is 6.07 Å². The summed E-state index contributed by atoms with van der Waals surface area (Å²) in [4.78, 5) is 14.9. The predicted octanol–water partition coefficient (Wildman–Crippen LogP) is 1.15. The Kier molecular flexibility index (Phi) is 4.55. The normalized spacial score (nSPS) is 9.31. The van der Waals surface area contributed by atoms with Gasteiger partial charge in [0.1, 0.15) is 16.9 Å². The number of amides is 1. The van der Waals surface area contributed by atoms with E-state index in [2.05, 4.69) is 15.6 Å². The molecule has 0 atom stereocenters. The van der Waals surface area contributed by atoms with Crippen LogP contribution in [-0.4, -0.2) is 24.5 Å². The highest BCUT2D eigenvalue weighted by Crippen LogP contribution is 2.22. The number of anilines is 1. The molecule has 1 heterocycles. The van der Waals surface area contributed by atoms with E-state index in [-0.39, 0.29) is 10.9 Å². The van der Waals surface area contributed by atoms with Crippen LogP contribution in [0.3, 0.4) is 0 Å². The van der Waals surface area contributed by atoms with Crippen LogP contribution in [0.25, 0.3) is 0 Å². The summed E-state index contributed by atoms with van der Waals surface area (Å²) in [5.41, 5.74) is 0.360. The van der Waals surface area contributed by atoms with Crippen LogP contribution in [0, 0.1) is 11.3 Å². The lowest BCUT2D eigenvalue weighted by Crippen LogP contribution is -2.21. The lowest BCUT2D eigenvalue weighted by Gasteiger charge is -2.07. The van der Waals surface area contributed by atoms with Crippen molar-refractivity contribution in [3.8, 4) is 6.07 Å².